The van der Waals surface area contributed by atoms with E-state index in [1.807, 2.05) is 6.07 Å². The first-order valence-electron chi connectivity index (χ1n) is 9.66. The van der Waals surface area contributed by atoms with E-state index >= 15 is 0 Å². The lowest BCUT2D eigenvalue weighted by atomic mass is 9.81. The Morgan fingerprint density at radius 2 is 1.84 bits per heavy atom. The maximum atomic E-state index is 12.2. The third kappa shape index (κ3) is 3.86. The quantitative estimate of drug-likeness (QED) is 0.464. The highest BCUT2D eigenvalue weighted by atomic mass is 16.1. The number of benzene rings is 2. The molecule has 0 heterocycles. The van der Waals surface area contributed by atoms with Crippen molar-refractivity contribution in [3.05, 3.63) is 70.3 Å². The number of hydrogen-bond donors (Lipinski definition) is 0. The third-order valence-electron chi connectivity index (χ3n) is 6.10. The fourth-order valence-corrected chi connectivity index (χ4v) is 4.42. The number of ketones is 1. The molecule has 3 unspecified atom stereocenters. The molecule has 25 heavy (non-hydrogen) atoms. The number of hydrogen-bond acceptors (Lipinski definition) is 1. The van der Waals surface area contributed by atoms with E-state index < -0.39 is 0 Å². The molecule has 1 nitrogen and oxygen atoms in total. The zero-order valence-corrected chi connectivity index (χ0v) is 16.0. The Hall–Kier alpha value is -1.89. The van der Waals surface area contributed by atoms with Gasteiger partial charge in [-0.25, -0.2) is 0 Å². The highest BCUT2D eigenvalue weighted by Crippen LogP contribution is 2.43. The molecule has 2 aromatic rings. The maximum Gasteiger partial charge on any atom is 0.160 e. The highest BCUT2D eigenvalue weighted by Gasteiger charge is 2.29. The van der Waals surface area contributed by atoms with Crippen molar-refractivity contribution >= 4 is 5.78 Å². The summed E-state index contributed by atoms with van der Waals surface area (Å²) in [5.74, 6) is 1.85. The lowest BCUT2D eigenvalue weighted by Gasteiger charge is -2.23. The Morgan fingerprint density at radius 1 is 1.08 bits per heavy atom. The summed E-state index contributed by atoms with van der Waals surface area (Å²) in [6.45, 7) is 8.51. The van der Waals surface area contributed by atoms with Crippen LogP contribution in [0.5, 0.6) is 0 Å². The first-order valence-corrected chi connectivity index (χ1v) is 9.66. The second-order valence-electron chi connectivity index (χ2n) is 7.93. The Balaban J connectivity index is 1.92. The van der Waals surface area contributed by atoms with Gasteiger partial charge in [-0.3, -0.25) is 4.79 Å². The molecule has 0 spiro atoms. The Kier molecular flexibility index (Phi) is 5.42. The van der Waals surface area contributed by atoms with E-state index in [9.17, 15) is 4.79 Å². The molecule has 0 saturated heterocycles. The van der Waals surface area contributed by atoms with Crippen LogP contribution in [0.15, 0.2) is 42.5 Å². The summed E-state index contributed by atoms with van der Waals surface area (Å²) in [4.78, 5) is 12.2. The van der Waals surface area contributed by atoms with Crippen LogP contribution in [0.2, 0.25) is 0 Å². The first kappa shape index (κ1) is 17.9. The van der Waals surface area contributed by atoms with Gasteiger partial charge in [0.05, 0.1) is 0 Å². The van der Waals surface area contributed by atoms with Crippen LogP contribution in [-0.2, 0) is 6.42 Å². The summed E-state index contributed by atoms with van der Waals surface area (Å²) in [5, 5.41) is 0. The number of fused-ring (bicyclic) bond motifs is 1. The maximum absolute atomic E-state index is 12.2. The van der Waals surface area contributed by atoms with Crippen LogP contribution in [0.1, 0.15) is 84.5 Å². The molecule has 0 aliphatic heterocycles. The van der Waals surface area contributed by atoms with Gasteiger partial charge in [-0.1, -0.05) is 61.9 Å². The van der Waals surface area contributed by atoms with Crippen molar-refractivity contribution in [3.63, 3.8) is 0 Å². The van der Waals surface area contributed by atoms with Crippen molar-refractivity contribution < 1.29 is 4.79 Å². The smallest absolute Gasteiger partial charge is 0.160 e. The summed E-state index contributed by atoms with van der Waals surface area (Å²) in [6, 6.07) is 15.2. The van der Waals surface area contributed by atoms with Crippen LogP contribution in [-0.4, -0.2) is 5.78 Å². The van der Waals surface area contributed by atoms with Gasteiger partial charge in [0.2, 0.25) is 0 Å². The molecule has 0 aromatic heterocycles. The Labute approximate surface area is 152 Å². The first-order chi connectivity index (χ1) is 12.0. The minimum absolute atomic E-state index is 0.204. The summed E-state index contributed by atoms with van der Waals surface area (Å²) in [5.41, 5.74) is 6.46. The Morgan fingerprint density at radius 3 is 2.56 bits per heavy atom. The average Bonchev–Trinajstić information content (AvgIpc) is 2.71. The number of carbonyl (C=O) groups is 1. The number of Topliss-reactive ketones (excluding diaryl/α,β-unsaturated/α-hetero) is 1. The van der Waals surface area contributed by atoms with Gasteiger partial charge in [0.25, 0.3) is 0 Å². The molecule has 0 fully saturated rings. The predicted octanol–water partition coefficient (Wildman–Crippen LogP) is 6.45. The normalized spacial score (nSPS) is 23.0. The van der Waals surface area contributed by atoms with Gasteiger partial charge in [-0.15, -0.1) is 0 Å². The molecule has 132 valence electrons. The molecule has 0 radical (unpaired) electrons. The molecule has 3 atom stereocenters. The molecular weight excluding hydrogens is 304 g/mol. The second-order valence-corrected chi connectivity index (χ2v) is 7.93. The van der Waals surface area contributed by atoms with Gasteiger partial charge in [-0.05, 0) is 74.0 Å². The van der Waals surface area contributed by atoms with Crippen LogP contribution >= 0.6 is 0 Å². The second kappa shape index (κ2) is 7.56. The third-order valence-corrected chi connectivity index (χ3v) is 6.10. The monoisotopic (exact) mass is 334 g/mol. The minimum Gasteiger partial charge on any atom is -0.295 e. The van der Waals surface area contributed by atoms with Crippen LogP contribution in [0, 0.1) is 12.8 Å². The number of rotatable bonds is 4. The molecule has 0 amide bonds. The van der Waals surface area contributed by atoms with Gasteiger partial charge >= 0.3 is 0 Å². The summed E-state index contributed by atoms with van der Waals surface area (Å²) in [6.07, 6.45) is 4.74. The van der Waals surface area contributed by atoms with E-state index in [1.165, 1.54) is 35.1 Å². The molecule has 1 aliphatic rings. The molecular formula is C24H30O. The summed E-state index contributed by atoms with van der Waals surface area (Å²) in [7, 11) is 0. The van der Waals surface area contributed by atoms with E-state index in [-0.39, 0.29) is 5.78 Å². The van der Waals surface area contributed by atoms with Crippen molar-refractivity contribution in [3.8, 4) is 0 Å². The average molecular weight is 335 g/mol. The lowest BCUT2D eigenvalue weighted by molar-refractivity contribution is 0.101. The molecule has 0 N–H and O–H groups in total. The fraction of sp³-hybridized carbons (Fsp3) is 0.458. The van der Waals surface area contributed by atoms with Crippen LogP contribution < -0.4 is 0 Å². The van der Waals surface area contributed by atoms with E-state index in [1.54, 1.807) is 6.92 Å². The van der Waals surface area contributed by atoms with E-state index in [2.05, 4.69) is 57.2 Å². The molecule has 1 aliphatic carbocycles. The van der Waals surface area contributed by atoms with Crippen LogP contribution in [0.3, 0.4) is 0 Å². The molecule has 1 heteroatoms. The van der Waals surface area contributed by atoms with Gasteiger partial charge < -0.3 is 0 Å². The zero-order valence-electron chi connectivity index (χ0n) is 16.0. The molecule has 2 aromatic carbocycles. The van der Waals surface area contributed by atoms with E-state index in [4.69, 9.17) is 0 Å². The van der Waals surface area contributed by atoms with Crippen molar-refractivity contribution in [2.24, 2.45) is 5.92 Å². The van der Waals surface area contributed by atoms with Crippen molar-refractivity contribution in [1.82, 2.24) is 0 Å². The van der Waals surface area contributed by atoms with Crippen LogP contribution in [0.4, 0.5) is 0 Å². The topological polar surface area (TPSA) is 17.1 Å². The van der Waals surface area contributed by atoms with Crippen molar-refractivity contribution in [2.45, 2.75) is 65.2 Å². The number of carbonyl (C=O) groups excluding carboxylic acids is 1. The SMILES string of the molecule is CC(=O)c1cccc2c1C(C)C(C)CCC2CCc1cccc(C)c1. The lowest BCUT2D eigenvalue weighted by Crippen LogP contribution is -2.11. The minimum atomic E-state index is 0.204. The highest BCUT2D eigenvalue weighted by molar-refractivity contribution is 5.96. The largest absolute Gasteiger partial charge is 0.295 e. The van der Waals surface area contributed by atoms with Crippen LogP contribution in [0.25, 0.3) is 0 Å². The summed E-state index contributed by atoms with van der Waals surface area (Å²) >= 11 is 0. The van der Waals surface area contributed by atoms with Gasteiger partial charge in [0, 0.05) is 5.56 Å². The van der Waals surface area contributed by atoms with Gasteiger partial charge in [-0.2, -0.15) is 0 Å². The molecule has 0 bridgehead atoms. The Bertz CT molecular complexity index is 758. The van der Waals surface area contributed by atoms with E-state index in [0.29, 0.717) is 17.8 Å². The predicted molar refractivity (Wildman–Crippen MR) is 106 cm³/mol. The number of aryl methyl sites for hydroxylation is 2. The standard InChI is InChI=1S/C24H30O/c1-16-7-5-8-20(15-16)12-14-21-13-11-17(2)18(3)24-22(19(4)25)9-6-10-23(21)24/h5-10,15,17-18,21H,11-14H2,1-4H3. The molecule has 0 saturated carbocycles. The van der Waals surface area contributed by atoms with Crippen molar-refractivity contribution in [1.29, 1.82) is 0 Å². The fourth-order valence-electron chi connectivity index (χ4n) is 4.42. The molecule has 3 rings (SSSR count). The van der Waals surface area contributed by atoms with Gasteiger partial charge in [0.15, 0.2) is 5.78 Å². The van der Waals surface area contributed by atoms with Crippen molar-refractivity contribution in [2.75, 3.05) is 0 Å². The summed E-state index contributed by atoms with van der Waals surface area (Å²) < 4.78 is 0. The van der Waals surface area contributed by atoms with E-state index in [0.717, 1.165) is 18.4 Å². The van der Waals surface area contributed by atoms with Gasteiger partial charge in [0.1, 0.15) is 0 Å². The zero-order chi connectivity index (χ0) is 18.0.